The van der Waals surface area contributed by atoms with Crippen molar-refractivity contribution in [1.82, 2.24) is 0 Å². The molecule has 0 aromatic heterocycles. The summed E-state index contributed by atoms with van der Waals surface area (Å²) in [5.41, 5.74) is 0. The molecule has 3 nitrogen and oxygen atoms in total. The van der Waals surface area contributed by atoms with Crippen LogP contribution in [0.15, 0.2) is 12.2 Å². The highest BCUT2D eigenvalue weighted by atomic mass is 16.4. The standard InChI is InChI=1S/C16H24O3/c17-11-15-13-9-7-12(8-10-13)14(15)5-3-1-2-4-6-16(18)19/h1,3,11-15H,2,4-10H2,(H,18,19)/b3-1-/t12?,13?,14-,15-/m0/s1. The number of hydrogen-bond donors (Lipinski definition) is 1. The highest BCUT2D eigenvalue weighted by Crippen LogP contribution is 2.49. The molecule has 2 atom stereocenters. The van der Waals surface area contributed by atoms with E-state index in [1.165, 1.54) is 32.0 Å². The van der Waals surface area contributed by atoms with Crippen LogP contribution < -0.4 is 0 Å². The van der Waals surface area contributed by atoms with Gasteiger partial charge >= 0.3 is 5.97 Å². The van der Waals surface area contributed by atoms with Gasteiger partial charge in [0, 0.05) is 12.3 Å². The molecular weight excluding hydrogens is 240 g/mol. The Morgan fingerprint density at radius 1 is 1.11 bits per heavy atom. The maximum atomic E-state index is 11.3. The summed E-state index contributed by atoms with van der Waals surface area (Å²) in [5.74, 6) is 1.47. The summed E-state index contributed by atoms with van der Waals surface area (Å²) in [7, 11) is 0. The van der Waals surface area contributed by atoms with Crippen molar-refractivity contribution in [3.63, 3.8) is 0 Å². The van der Waals surface area contributed by atoms with Crippen LogP contribution in [0, 0.1) is 23.7 Å². The Hall–Kier alpha value is -1.12. The van der Waals surface area contributed by atoms with Crippen LogP contribution in [0.4, 0.5) is 0 Å². The van der Waals surface area contributed by atoms with Gasteiger partial charge in [-0.3, -0.25) is 4.79 Å². The van der Waals surface area contributed by atoms with E-state index in [0.29, 0.717) is 18.3 Å². The highest BCUT2D eigenvalue weighted by molar-refractivity contribution is 5.66. The molecule has 3 heteroatoms. The SMILES string of the molecule is O=C[C@H]1C2CCC(CC2)[C@@H]1C/C=C\CCCC(=O)O. The fraction of sp³-hybridized carbons (Fsp3) is 0.750. The number of carboxylic acid groups (broad SMARTS) is 1. The van der Waals surface area contributed by atoms with Gasteiger partial charge in [-0.1, -0.05) is 12.2 Å². The number of aldehydes is 1. The third-order valence-electron chi connectivity index (χ3n) is 4.95. The summed E-state index contributed by atoms with van der Waals surface area (Å²) >= 11 is 0. The molecule has 0 spiro atoms. The second-order valence-electron chi connectivity index (χ2n) is 6.05. The van der Waals surface area contributed by atoms with E-state index in [1.807, 2.05) is 0 Å². The molecule has 3 aliphatic carbocycles. The lowest BCUT2D eigenvalue weighted by molar-refractivity contribution is -0.137. The summed E-state index contributed by atoms with van der Waals surface area (Å²) in [4.78, 5) is 21.7. The van der Waals surface area contributed by atoms with Gasteiger partial charge in [-0.05, 0) is 62.7 Å². The Balaban J connectivity index is 1.76. The molecular formula is C16H24O3. The van der Waals surface area contributed by atoms with Gasteiger partial charge in [0.15, 0.2) is 0 Å². The van der Waals surface area contributed by atoms with Crippen molar-refractivity contribution in [3.8, 4) is 0 Å². The van der Waals surface area contributed by atoms with Crippen LogP contribution in [0.3, 0.4) is 0 Å². The van der Waals surface area contributed by atoms with Crippen molar-refractivity contribution in [2.45, 2.75) is 51.4 Å². The summed E-state index contributed by atoms with van der Waals surface area (Å²) < 4.78 is 0. The first-order valence-corrected chi connectivity index (χ1v) is 7.54. The summed E-state index contributed by atoms with van der Waals surface area (Å²) in [6, 6.07) is 0. The Morgan fingerprint density at radius 2 is 1.79 bits per heavy atom. The number of carbonyl (C=O) groups is 2. The van der Waals surface area contributed by atoms with Crippen molar-refractivity contribution >= 4 is 12.3 Å². The predicted molar refractivity (Wildman–Crippen MR) is 73.7 cm³/mol. The fourth-order valence-electron chi connectivity index (χ4n) is 3.93. The molecule has 0 aromatic carbocycles. The smallest absolute Gasteiger partial charge is 0.303 e. The van der Waals surface area contributed by atoms with Gasteiger partial charge in [-0.25, -0.2) is 0 Å². The molecule has 2 bridgehead atoms. The van der Waals surface area contributed by atoms with Crippen molar-refractivity contribution in [2.24, 2.45) is 23.7 Å². The predicted octanol–water partition coefficient (Wildman–Crippen LogP) is 3.44. The lowest BCUT2D eigenvalue weighted by Crippen LogP contribution is -2.40. The van der Waals surface area contributed by atoms with Crippen molar-refractivity contribution < 1.29 is 14.7 Å². The summed E-state index contributed by atoms with van der Waals surface area (Å²) in [6.45, 7) is 0. The molecule has 3 fully saturated rings. The van der Waals surface area contributed by atoms with E-state index >= 15 is 0 Å². The monoisotopic (exact) mass is 264 g/mol. The van der Waals surface area contributed by atoms with Gasteiger partial charge in [0.1, 0.15) is 6.29 Å². The average molecular weight is 264 g/mol. The van der Waals surface area contributed by atoms with E-state index in [9.17, 15) is 9.59 Å². The Kier molecular flexibility index (Phi) is 5.17. The first-order valence-electron chi connectivity index (χ1n) is 7.54. The lowest BCUT2D eigenvalue weighted by Gasteiger charge is -2.46. The quantitative estimate of drug-likeness (QED) is 0.435. The lowest BCUT2D eigenvalue weighted by atomic mass is 9.58. The summed E-state index contributed by atoms with van der Waals surface area (Å²) in [5, 5.41) is 8.55. The van der Waals surface area contributed by atoms with E-state index in [1.54, 1.807) is 0 Å². The molecule has 3 rings (SSSR count). The molecule has 3 saturated carbocycles. The van der Waals surface area contributed by atoms with E-state index in [0.717, 1.165) is 18.8 Å². The van der Waals surface area contributed by atoms with Crippen LogP contribution >= 0.6 is 0 Å². The first kappa shape index (κ1) is 14.3. The van der Waals surface area contributed by atoms with E-state index < -0.39 is 5.97 Å². The minimum absolute atomic E-state index is 0.245. The van der Waals surface area contributed by atoms with Crippen LogP contribution in [0.1, 0.15) is 51.4 Å². The maximum absolute atomic E-state index is 11.3. The number of allylic oxidation sites excluding steroid dienone is 2. The molecule has 1 N–H and O–H groups in total. The van der Waals surface area contributed by atoms with E-state index in [2.05, 4.69) is 12.2 Å². The topological polar surface area (TPSA) is 54.4 Å². The average Bonchev–Trinajstić information content (AvgIpc) is 2.43. The third-order valence-corrected chi connectivity index (χ3v) is 4.95. The number of hydrogen-bond acceptors (Lipinski definition) is 2. The number of aliphatic carboxylic acids is 1. The highest BCUT2D eigenvalue weighted by Gasteiger charge is 2.42. The first-order chi connectivity index (χ1) is 9.22. The Labute approximate surface area is 115 Å². The van der Waals surface area contributed by atoms with Gasteiger partial charge in [0.05, 0.1) is 0 Å². The fourth-order valence-corrected chi connectivity index (χ4v) is 3.93. The van der Waals surface area contributed by atoms with Crippen LogP contribution in [0.25, 0.3) is 0 Å². The molecule has 0 heterocycles. The van der Waals surface area contributed by atoms with Gasteiger partial charge in [-0.15, -0.1) is 0 Å². The van der Waals surface area contributed by atoms with Crippen LogP contribution in [-0.2, 0) is 9.59 Å². The molecule has 0 radical (unpaired) electrons. The molecule has 0 aromatic rings. The Bertz CT molecular complexity index is 340. The molecule has 19 heavy (non-hydrogen) atoms. The minimum Gasteiger partial charge on any atom is -0.481 e. The van der Waals surface area contributed by atoms with Crippen LogP contribution in [0.2, 0.25) is 0 Å². The normalized spacial score (nSPS) is 33.7. The van der Waals surface area contributed by atoms with Crippen LogP contribution in [0.5, 0.6) is 0 Å². The van der Waals surface area contributed by atoms with Gasteiger partial charge in [0.25, 0.3) is 0 Å². The van der Waals surface area contributed by atoms with Gasteiger partial charge < -0.3 is 9.90 Å². The zero-order valence-corrected chi connectivity index (χ0v) is 11.5. The van der Waals surface area contributed by atoms with Crippen molar-refractivity contribution in [3.05, 3.63) is 12.2 Å². The zero-order chi connectivity index (χ0) is 13.7. The second-order valence-corrected chi connectivity index (χ2v) is 6.05. The number of carbonyl (C=O) groups excluding carboxylic acids is 1. The molecule has 0 amide bonds. The second kappa shape index (κ2) is 6.88. The zero-order valence-electron chi connectivity index (χ0n) is 11.5. The largest absolute Gasteiger partial charge is 0.481 e. The third kappa shape index (κ3) is 3.68. The molecule has 0 saturated heterocycles. The maximum Gasteiger partial charge on any atom is 0.303 e. The van der Waals surface area contributed by atoms with Crippen molar-refractivity contribution in [1.29, 1.82) is 0 Å². The van der Waals surface area contributed by atoms with Crippen LogP contribution in [-0.4, -0.2) is 17.4 Å². The molecule has 106 valence electrons. The minimum atomic E-state index is -0.723. The summed E-state index contributed by atoms with van der Waals surface area (Å²) in [6.07, 6.45) is 13.3. The van der Waals surface area contributed by atoms with E-state index in [-0.39, 0.29) is 12.3 Å². The molecule has 3 aliphatic rings. The molecule has 0 aliphatic heterocycles. The Morgan fingerprint density at radius 3 is 2.42 bits per heavy atom. The van der Waals surface area contributed by atoms with E-state index in [4.69, 9.17) is 5.11 Å². The van der Waals surface area contributed by atoms with Gasteiger partial charge in [-0.2, -0.15) is 0 Å². The number of carboxylic acids is 1. The molecule has 0 unspecified atom stereocenters. The van der Waals surface area contributed by atoms with Crippen molar-refractivity contribution in [2.75, 3.05) is 0 Å². The number of unbranched alkanes of at least 4 members (excludes halogenated alkanes) is 1. The van der Waals surface area contributed by atoms with Gasteiger partial charge in [0.2, 0.25) is 0 Å². The number of rotatable bonds is 7. The number of fused-ring (bicyclic) bond motifs is 3.